The monoisotopic (exact) mass is 314 g/mol. The van der Waals surface area contributed by atoms with E-state index in [9.17, 15) is 0 Å². The average Bonchev–Trinajstić information content (AvgIpc) is 3.04. The van der Waals surface area contributed by atoms with E-state index in [1.165, 1.54) is 63.5 Å². The van der Waals surface area contributed by atoms with Crippen molar-refractivity contribution >= 4 is 8.41 Å². The van der Waals surface area contributed by atoms with E-state index in [0.29, 0.717) is 10.8 Å². The molecule has 2 fully saturated rings. The Morgan fingerprint density at radius 1 is 1.09 bits per heavy atom. The molecular weight excluding hydrogens is 279 g/mol. The maximum atomic E-state index is 6.08. The van der Waals surface area contributed by atoms with Crippen molar-refractivity contribution in [3.63, 3.8) is 0 Å². The van der Waals surface area contributed by atoms with E-state index < -0.39 is 0 Å². The van der Waals surface area contributed by atoms with Crippen LogP contribution in [-0.2, 0) is 18.3 Å². The molecule has 0 aromatic carbocycles. The van der Waals surface area contributed by atoms with Crippen LogP contribution in [-0.4, -0.2) is 8.41 Å². The van der Waals surface area contributed by atoms with E-state index in [4.69, 9.17) is 4.42 Å². The Hall–Kier alpha value is -0.655. The summed E-state index contributed by atoms with van der Waals surface area (Å²) in [5, 5.41) is 0. The first-order chi connectivity index (χ1) is 10.1. The molecule has 0 aliphatic heterocycles. The van der Waals surface area contributed by atoms with Gasteiger partial charge in [0.1, 0.15) is 5.76 Å². The van der Waals surface area contributed by atoms with E-state index in [1.807, 2.05) is 0 Å². The van der Waals surface area contributed by atoms with Crippen LogP contribution in [0.15, 0.2) is 10.7 Å². The van der Waals surface area contributed by atoms with Gasteiger partial charge in [-0.25, -0.2) is 0 Å². The third-order valence-corrected chi connectivity index (χ3v) is 8.11. The molecule has 1 aromatic heterocycles. The average molecular weight is 314 g/mol. The Morgan fingerprint density at radius 3 is 2.74 bits per heavy atom. The van der Waals surface area contributed by atoms with Crippen LogP contribution in [0.2, 0.25) is 0 Å². The van der Waals surface area contributed by atoms with Crippen molar-refractivity contribution in [3.8, 4) is 0 Å². The summed E-state index contributed by atoms with van der Waals surface area (Å²) in [7, 11) is 0. The number of furan rings is 1. The molecule has 3 radical (unpaired) electrons. The fourth-order valence-electron chi connectivity index (χ4n) is 7.17. The fraction of sp³-hybridized carbons (Fsp3) is 0.810. The zero-order chi connectivity index (χ0) is 14.2. The van der Waals surface area contributed by atoms with Crippen molar-refractivity contribution in [2.24, 2.45) is 23.2 Å². The van der Waals surface area contributed by atoms with Crippen LogP contribution in [0.3, 0.4) is 0 Å². The summed E-state index contributed by atoms with van der Waals surface area (Å²) in [4.78, 5) is 0. The van der Waals surface area contributed by atoms with Crippen LogP contribution in [0.1, 0.15) is 84.5 Å². The Balaban J connectivity index is 0.000000694. The Kier molecular flexibility index (Phi) is 4.05. The van der Waals surface area contributed by atoms with Crippen molar-refractivity contribution < 1.29 is 5.84 Å². The highest BCUT2D eigenvalue weighted by Gasteiger charge is 2.57. The number of aryl methyl sites for hydroxylation is 1. The molecule has 2 saturated carbocycles. The van der Waals surface area contributed by atoms with Gasteiger partial charge in [0, 0.05) is 21.8 Å². The number of hydrogen-bond donors (Lipinski definition) is 0. The van der Waals surface area contributed by atoms with E-state index >= 15 is 0 Å². The predicted molar refractivity (Wildman–Crippen MR) is 99.0 cm³/mol. The topological polar surface area (TPSA) is 13.1 Å². The first-order valence-electron chi connectivity index (χ1n) is 9.22. The van der Waals surface area contributed by atoms with Crippen molar-refractivity contribution in [3.05, 3.63) is 23.2 Å². The van der Waals surface area contributed by atoms with Crippen LogP contribution >= 0.6 is 0 Å². The molecule has 5 rings (SSSR count). The number of rotatable bonds is 0. The van der Waals surface area contributed by atoms with Crippen LogP contribution in [0.5, 0.6) is 0 Å². The Labute approximate surface area is 145 Å². The number of fused-ring (bicyclic) bond motifs is 4. The van der Waals surface area contributed by atoms with Gasteiger partial charge < -0.3 is 4.42 Å². The summed E-state index contributed by atoms with van der Waals surface area (Å²) >= 11 is 0. The second-order valence-corrected chi connectivity index (χ2v) is 9.00. The second-order valence-electron chi connectivity index (χ2n) is 9.00. The molecule has 4 aliphatic carbocycles. The minimum atomic E-state index is 0. The third kappa shape index (κ3) is 2.06. The predicted octanol–water partition coefficient (Wildman–Crippen LogP) is 5.76. The molecule has 2 heteroatoms. The maximum absolute atomic E-state index is 6.08. The van der Waals surface area contributed by atoms with E-state index in [-0.39, 0.29) is 17.3 Å². The molecule has 0 saturated heterocycles. The van der Waals surface area contributed by atoms with Gasteiger partial charge in [0.15, 0.2) is 0 Å². The van der Waals surface area contributed by atoms with Gasteiger partial charge in [0.05, 0.1) is 6.26 Å². The standard InChI is InChI=1S/C20H28O.CH4.B.H2/c1-19-8-4-6-15(19)14-11-17-18-13(12-21-17)5-3-9-20(18,2)16(14)7-10-19;;;/h12,14-16H,3-11H2,1-2H3;1H4;;1H/i;;;1+1. The molecule has 23 heavy (non-hydrogen) atoms. The minimum absolute atomic E-state index is 0. The molecule has 4 aliphatic rings. The summed E-state index contributed by atoms with van der Waals surface area (Å²) in [6.45, 7) is 5.17. The third-order valence-electron chi connectivity index (χ3n) is 8.11. The normalized spacial score (nSPS) is 43.5. The van der Waals surface area contributed by atoms with Gasteiger partial charge in [-0.05, 0) is 79.1 Å². The molecule has 0 N–H and O–H groups in total. The second kappa shape index (κ2) is 5.43. The lowest BCUT2D eigenvalue weighted by Crippen LogP contribution is -2.51. The lowest BCUT2D eigenvalue weighted by atomic mass is 9.48. The molecule has 0 spiro atoms. The van der Waals surface area contributed by atoms with Crippen molar-refractivity contribution in [1.82, 2.24) is 0 Å². The lowest BCUT2D eigenvalue weighted by Gasteiger charge is -2.56. The van der Waals surface area contributed by atoms with E-state index in [0.717, 1.165) is 17.8 Å². The maximum Gasteiger partial charge on any atom is 0.108 e. The fourth-order valence-corrected chi connectivity index (χ4v) is 7.17. The minimum Gasteiger partial charge on any atom is -0.469 e. The van der Waals surface area contributed by atoms with Crippen LogP contribution < -0.4 is 0 Å². The molecular formula is C21H34BO. The van der Waals surface area contributed by atoms with Crippen LogP contribution in [0.4, 0.5) is 0 Å². The molecule has 1 aromatic rings. The van der Waals surface area contributed by atoms with Gasteiger partial charge in [-0.2, -0.15) is 0 Å². The van der Waals surface area contributed by atoms with E-state index in [1.54, 1.807) is 11.1 Å². The first-order valence-corrected chi connectivity index (χ1v) is 9.22. The smallest absolute Gasteiger partial charge is 0.108 e. The summed E-state index contributed by atoms with van der Waals surface area (Å²) in [6.07, 6.45) is 14.8. The van der Waals surface area contributed by atoms with Gasteiger partial charge in [-0.15, -0.1) is 0 Å². The summed E-state index contributed by atoms with van der Waals surface area (Å²) in [5.74, 6) is 4.18. The zero-order valence-corrected chi connectivity index (χ0v) is 14.2. The Morgan fingerprint density at radius 2 is 1.91 bits per heavy atom. The summed E-state index contributed by atoms with van der Waals surface area (Å²) in [6, 6.07) is 0. The SMILES string of the molecule is C.CC12CCCC1C1Cc3occ4c3C(C)(CCC4)C1CC2.[2HH].[B]. The summed E-state index contributed by atoms with van der Waals surface area (Å²) in [5.41, 5.74) is 4.30. The van der Waals surface area contributed by atoms with Crippen molar-refractivity contribution in [1.29, 1.82) is 0 Å². The zero-order valence-electron chi connectivity index (χ0n) is 14.2. The van der Waals surface area contributed by atoms with Gasteiger partial charge >= 0.3 is 0 Å². The first kappa shape index (κ1) is 17.2. The van der Waals surface area contributed by atoms with E-state index in [2.05, 4.69) is 20.1 Å². The van der Waals surface area contributed by atoms with Gasteiger partial charge in [-0.3, -0.25) is 0 Å². The quantitative estimate of drug-likeness (QED) is 0.555. The molecule has 1 nitrogen and oxygen atoms in total. The molecule has 5 atom stereocenters. The molecule has 0 bridgehead atoms. The van der Waals surface area contributed by atoms with Gasteiger partial charge in [0.25, 0.3) is 0 Å². The lowest BCUT2D eigenvalue weighted by molar-refractivity contribution is -0.0123. The van der Waals surface area contributed by atoms with Gasteiger partial charge in [-0.1, -0.05) is 27.7 Å². The number of hydrogen-bond acceptors (Lipinski definition) is 1. The van der Waals surface area contributed by atoms with Crippen molar-refractivity contribution in [2.45, 2.75) is 84.5 Å². The molecule has 5 unspecified atom stereocenters. The Bertz CT molecular complexity index is 597. The summed E-state index contributed by atoms with van der Waals surface area (Å²) < 4.78 is 6.08. The van der Waals surface area contributed by atoms with Gasteiger partial charge in [0.2, 0.25) is 0 Å². The molecule has 127 valence electrons. The molecule has 0 amide bonds. The van der Waals surface area contributed by atoms with Crippen molar-refractivity contribution in [2.75, 3.05) is 0 Å². The highest BCUT2D eigenvalue weighted by molar-refractivity contribution is 5.75. The highest BCUT2D eigenvalue weighted by Crippen LogP contribution is 2.64. The highest BCUT2D eigenvalue weighted by atomic mass is 16.3. The largest absolute Gasteiger partial charge is 0.469 e. The molecule has 1 heterocycles. The van der Waals surface area contributed by atoms with Crippen LogP contribution in [0.25, 0.3) is 0 Å². The van der Waals surface area contributed by atoms with Crippen LogP contribution in [0, 0.1) is 23.2 Å².